The number of fused-ring (bicyclic) bond motifs is 2. The largest absolute Gasteiger partial charge is 0.389 e. The molecule has 0 saturated carbocycles. The molecule has 1 atom stereocenters. The van der Waals surface area contributed by atoms with Gasteiger partial charge in [0.1, 0.15) is 0 Å². The Bertz CT molecular complexity index is 1150. The molecule has 4 heterocycles. The number of aryl methyl sites for hydroxylation is 4. The first-order chi connectivity index (χ1) is 16.0. The lowest BCUT2D eigenvalue weighted by Crippen LogP contribution is -2.44. The quantitative estimate of drug-likeness (QED) is 0.522. The first-order valence-electron chi connectivity index (χ1n) is 11.9. The molecular weight excluding hydrogens is 476 g/mol. The first-order valence-corrected chi connectivity index (χ1v) is 12.7. The molecule has 33 heavy (non-hydrogen) atoms. The smallest absolute Gasteiger partial charge is 0.0889 e. The van der Waals surface area contributed by atoms with E-state index in [4.69, 9.17) is 9.97 Å². The standard InChI is InChI=1S/C27H31BrN4O/c1-18-15-27-25(29-19(18)2)6-4-14-32(27)17-22(33)16-31-13-3-5-24-26(31)12-11-23(30-24)20-7-9-21(28)10-8-20/h7-12,15,22,33H,3-6,13-14,16-17H2,1-2H3/t22-/m1/s1. The number of pyridine rings is 2. The van der Waals surface area contributed by atoms with Crippen molar-refractivity contribution < 1.29 is 5.11 Å². The van der Waals surface area contributed by atoms with Crippen LogP contribution in [0.2, 0.25) is 0 Å². The van der Waals surface area contributed by atoms with Gasteiger partial charge in [-0.15, -0.1) is 0 Å². The molecule has 5 rings (SSSR count). The lowest BCUT2D eigenvalue weighted by molar-refractivity contribution is 0.183. The van der Waals surface area contributed by atoms with Crippen LogP contribution < -0.4 is 9.80 Å². The van der Waals surface area contributed by atoms with Gasteiger partial charge in [-0.05, 0) is 75.4 Å². The summed E-state index contributed by atoms with van der Waals surface area (Å²) >= 11 is 3.50. The van der Waals surface area contributed by atoms with E-state index in [1.807, 2.05) is 0 Å². The lowest BCUT2D eigenvalue weighted by Gasteiger charge is -2.36. The van der Waals surface area contributed by atoms with E-state index in [9.17, 15) is 5.11 Å². The molecule has 2 aliphatic heterocycles. The third-order valence-corrected chi connectivity index (χ3v) is 7.37. The van der Waals surface area contributed by atoms with Crippen LogP contribution in [0.3, 0.4) is 0 Å². The SMILES string of the molecule is Cc1cc2c(nc1C)CCCN2C[C@H](O)CN1CCCc2nc(-c3ccc(Br)cc3)ccc21. The maximum absolute atomic E-state index is 11.1. The highest BCUT2D eigenvalue weighted by Crippen LogP contribution is 2.31. The molecule has 1 aromatic carbocycles. The lowest BCUT2D eigenvalue weighted by atomic mass is 10.0. The number of halogens is 1. The van der Waals surface area contributed by atoms with E-state index in [2.05, 4.69) is 82.0 Å². The first kappa shape index (κ1) is 22.4. The molecule has 0 fully saturated rings. The average Bonchev–Trinajstić information content (AvgIpc) is 2.81. The molecule has 0 bridgehead atoms. The number of hydrogen-bond donors (Lipinski definition) is 1. The van der Waals surface area contributed by atoms with Gasteiger partial charge in [0.25, 0.3) is 0 Å². The summed E-state index contributed by atoms with van der Waals surface area (Å²) < 4.78 is 1.07. The van der Waals surface area contributed by atoms with E-state index in [1.165, 1.54) is 16.9 Å². The van der Waals surface area contributed by atoms with Crippen molar-refractivity contribution in [2.24, 2.45) is 0 Å². The van der Waals surface area contributed by atoms with Crippen LogP contribution in [0.5, 0.6) is 0 Å². The predicted octanol–water partition coefficient (Wildman–Crippen LogP) is 5.09. The van der Waals surface area contributed by atoms with E-state index >= 15 is 0 Å². The van der Waals surface area contributed by atoms with Gasteiger partial charge in [-0.1, -0.05) is 28.1 Å². The third-order valence-electron chi connectivity index (χ3n) is 6.84. The van der Waals surface area contributed by atoms with Crippen LogP contribution in [-0.4, -0.2) is 47.4 Å². The summed E-state index contributed by atoms with van der Waals surface area (Å²) in [5.74, 6) is 0. The molecule has 0 spiro atoms. The minimum atomic E-state index is -0.436. The van der Waals surface area contributed by atoms with Crippen molar-refractivity contribution >= 4 is 27.3 Å². The predicted molar refractivity (Wildman–Crippen MR) is 138 cm³/mol. The molecular formula is C27H31BrN4O. The van der Waals surface area contributed by atoms with E-state index in [-0.39, 0.29) is 0 Å². The maximum atomic E-state index is 11.1. The van der Waals surface area contributed by atoms with E-state index < -0.39 is 6.10 Å². The fraction of sp³-hybridized carbons (Fsp3) is 0.407. The number of rotatable bonds is 5. The Hall–Kier alpha value is -2.44. The van der Waals surface area contributed by atoms with Gasteiger partial charge in [0, 0.05) is 41.9 Å². The number of aliphatic hydroxyl groups is 1. The molecule has 2 aromatic heterocycles. The Morgan fingerprint density at radius 1 is 0.879 bits per heavy atom. The highest BCUT2D eigenvalue weighted by atomic mass is 79.9. The second-order valence-corrected chi connectivity index (χ2v) is 10.2. The highest BCUT2D eigenvalue weighted by molar-refractivity contribution is 9.10. The van der Waals surface area contributed by atoms with Crippen molar-refractivity contribution in [2.75, 3.05) is 36.0 Å². The zero-order chi connectivity index (χ0) is 22.9. The summed E-state index contributed by atoms with van der Waals surface area (Å²) in [6, 6.07) is 14.8. The normalized spacial score (nSPS) is 16.4. The number of benzene rings is 1. The number of anilines is 2. The second kappa shape index (κ2) is 9.43. The van der Waals surface area contributed by atoms with Crippen molar-refractivity contribution in [3.05, 3.63) is 69.6 Å². The van der Waals surface area contributed by atoms with Crippen molar-refractivity contribution in [1.29, 1.82) is 0 Å². The van der Waals surface area contributed by atoms with Crippen LogP contribution in [-0.2, 0) is 12.8 Å². The summed E-state index contributed by atoms with van der Waals surface area (Å²) in [4.78, 5) is 14.4. The zero-order valence-electron chi connectivity index (χ0n) is 19.4. The van der Waals surface area contributed by atoms with E-state index in [1.54, 1.807) is 0 Å². The van der Waals surface area contributed by atoms with Gasteiger partial charge in [0.05, 0.1) is 34.6 Å². The summed E-state index contributed by atoms with van der Waals surface area (Å²) in [7, 11) is 0. The van der Waals surface area contributed by atoms with E-state index in [0.29, 0.717) is 13.1 Å². The van der Waals surface area contributed by atoms with Gasteiger partial charge in [-0.25, -0.2) is 0 Å². The summed E-state index contributed by atoms with van der Waals surface area (Å²) in [6.07, 6.45) is 3.72. The molecule has 172 valence electrons. The van der Waals surface area contributed by atoms with E-state index in [0.717, 1.165) is 71.6 Å². The molecule has 1 N–H and O–H groups in total. The Labute approximate surface area is 204 Å². The second-order valence-electron chi connectivity index (χ2n) is 9.28. The van der Waals surface area contributed by atoms with Gasteiger partial charge in [-0.2, -0.15) is 0 Å². The maximum Gasteiger partial charge on any atom is 0.0889 e. The molecule has 0 saturated heterocycles. The molecule has 0 unspecified atom stereocenters. The minimum Gasteiger partial charge on any atom is -0.389 e. The topological polar surface area (TPSA) is 52.5 Å². The Morgan fingerprint density at radius 3 is 2.21 bits per heavy atom. The van der Waals surface area contributed by atoms with Crippen LogP contribution in [0.15, 0.2) is 46.9 Å². The van der Waals surface area contributed by atoms with Crippen LogP contribution in [0, 0.1) is 13.8 Å². The van der Waals surface area contributed by atoms with Crippen LogP contribution >= 0.6 is 15.9 Å². The van der Waals surface area contributed by atoms with Crippen molar-refractivity contribution in [3.8, 4) is 11.3 Å². The molecule has 0 aliphatic carbocycles. The van der Waals surface area contributed by atoms with Crippen LogP contribution in [0.4, 0.5) is 11.4 Å². The fourth-order valence-electron chi connectivity index (χ4n) is 5.01. The van der Waals surface area contributed by atoms with Gasteiger partial charge in [-0.3, -0.25) is 9.97 Å². The van der Waals surface area contributed by atoms with Crippen LogP contribution in [0.1, 0.15) is 35.5 Å². The molecule has 0 amide bonds. The van der Waals surface area contributed by atoms with Crippen molar-refractivity contribution in [3.63, 3.8) is 0 Å². The Kier molecular flexibility index (Phi) is 6.39. The Morgan fingerprint density at radius 2 is 1.52 bits per heavy atom. The van der Waals surface area contributed by atoms with Gasteiger partial charge < -0.3 is 14.9 Å². The van der Waals surface area contributed by atoms with Crippen molar-refractivity contribution in [1.82, 2.24) is 9.97 Å². The Balaban J connectivity index is 1.30. The zero-order valence-corrected chi connectivity index (χ0v) is 21.0. The van der Waals surface area contributed by atoms with Crippen LogP contribution in [0.25, 0.3) is 11.3 Å². The summed E-state index contributed by atoms with van der Waals surface area (Å²) in [5.41, 5.74) is 9.12. The minimum absolute atomic E-state index is 0.436. The molecule has 3 aromatic rings. The molecule has 0 radical (unpaired) electrons. The molecule has 5 nitrogen and oxygen atoms in total. The number of aliphatic hydroxyl groups excluding tert-OH is 1. The monoisotopic (exact) mass is 506 g/mol. The molecule has 6 heteroatoms. The number of aromatic nitrogens is 2. The van der Waals surface area contributed by atoms with Gasteiger partial charge in [0.2, 0.25) is 0 Å². The summed E-state index contributed by atoms with van der Waals surface area (Å²) in [6.45, 7) is 7.38. The van der Waals surface area contributed by atoms with Gasteiger partial charge in [0.15, 0.2) is 0 Å². The number of hydrogen-bond acceptors (Lipinski definition) is 5. The average molecular weight is 507 g/mol. The molecule has 2 aliphatic rings. The highest BCUT2D eigenvalue weighted by Gasteiger charge is 2.25. The number of β-amino-alcohol motifs (C(OH)–C–C–N with tert-alkyl or cyclic N) is 1. The van der Waals surface area contributed by atoms with Crippen molar-refractivity contribution in [2.45, 2.75) is 45.6 Å². The van der Waals surface area contributed by atoms with Gasteiger partial charge >= 0.3 is 0 Å². The summed E-state index contributed by atoms with van der Waals surface area (Å²) in [5, 5.41) is 11.1. The fourth-order valence-corrected chi connectivity index (χ4v) is 5.27. The third kappa shape index (κ3) is 4.78. The number of nitrogens with zero attached hydrogens (tertiary/aromatic N) is 4.